The topological polar surface area (TPSA) is 55.5 Å². The highest BCUT2D eigenvalue weighted by molar-refractivity contribution is 5.66. The molecule has 0 fully saturated rings. The molecule has 0 aliphatic heterocycles. The molecule has 0 spiro atoms. The fourth-order valence-corrected chi connectivity index (χ4v) is 2.89. The number of nitrogens with two attached hydrogens (primary N) is 1. The van der Waals surface area contributed by atoms with Gasteiger partial charge in [-0.3, -0.25) is 0 Å². The van der Waals surface area contributed by atoms with Gasteiger partial charge in [-0.1, -0.05) is 36.4 Å². The Balaban J connectivity index is 1.92. The van der Waals surface area contributed by atoms with E-state index in [2.05, 4.69) is 18.2 Å². The minimum absolute atomic E-state index is 0.0178. The van der Waals surface area contributed by atoms with Crippen molar-refractivity contribution in [3.8, 4) is 16.9 Å². The van der Waals surface area contributed by atoms with Crippen molar-refractivity contribution in [3.63, 3.8) is 0 Å². The largest absolute Gasteiger partial charge is 0.489 e. The molecule has 3 aromatic carbocycles. The minimum Gasteiger partial charge on any atom is -0.489 e. The van der Waals surface area contributed by atoms with E-state index in [-0.39, 0.29) is 6.04 Å². The number of rotatable bonds is 6. The van der Waals surface area contributed by atoms with Crippen LogP contribution in [0.4, 0.5) is 0 Å². The number of hydrogen-bond acceptors (Lipinski definition) is 3. The summed E-state index contributed by atoms with van der Waals surface area (Å²) < 4.78 is 5.88. The van der Waals surface area contributed by atoms with E-state index in [0.717, 1.165) is 33.6 Å². The third-order valence-electron chi connectivity index (χ3n) is 4.39. The van der Waals surface area contributed by atoms with Crippen molar-refractivity contribution in [2.24, 2.45) is 5.73 Å². The Kier molecular flexibility index (Phi) is 5.71. The average Bonchev–Trinajstić information content (AvgIpc) is 2.67. The van der Waals surface area contributed by atoms with Gasteiger partial charge in [-0.15, -0.1) is 0 Å². The predicted octanol–water partition coefficient (Wildman–Crippen LogP) is 5.01. The van der Waals surface area contributed by atoms with E-state index >= 15 is 0 Å². The van der Waals surface area contributed by atoms with Gasteiger partial charge in [0.05, 0.1) is 6.10 Å². The van der Waals surface area contributed by atoms with Crippen LogP contribution in [0.1, 0.15) is 42.7 Å². The van der Waals surface area contributed by atoms with Gasteiger partial charge in [0.25, 0.3) is 0 Å². The molecule has 3 aromatic rings. The zero-order valence-corrected chi connectivity index (χ0v) is 15.2. The zero-order valence-electron chi connectivity index (χ0n) is 15.2. The van der Waals surface area contributed by atoms with Crippen molar-refractivity contribution < 1.29 is 9.84 Å². The summed E-state index contributed by atoms with van der Waals surface area (Å²) in [6.07, 6.45) is -0.540. The smallest absolute Gasteiger partial charge is 0.119 e. The molecule has 1 unspecified atom stereocenters. The number of benzene rings is 3. The van der Waals surface area contributed by atoms with E-state index in [0.29, 0.717) is 6.61 Å². The number of aliphatic hydroxyl groups is 1. The predicted molar refractivity (Wildman–Crippen MR) is 106 cm³/mol. The summed E-state index contributed by atoms with van der Waals surface area (Å²) in [6.45, 7) is 4.20. The molecule has 0 saturated heterocycles. The third-order valence-corrected chi connectivity index (χ3v) is 4.39. The molecule has 0 aliphatic rings. The summed E-state index contributed by atoms with van der Waals surface area (Å²) in [5, 5.41) is 10.1. The summed E-state index contributed by atoms with van der Waals surface area (Å²) in [6, 6.07) is 24.1. The molecule has 3 N–H and O–H groups in total. The van der Waals surface area contributed by atoms with Crippen molar-refractivity contribution in [1.29, 1.82) is 0 Å². The maximum atomic E-state index is 10.1. The van der Waals surface area contributed by atoms with Crippen LogP contribution < -0.4 is 10.5 Å². The highest BCUT2D eigenvalue weighted by atomic mass is 16.5. The molecule has 0 heterocycles. The Labute approximate surface area is 155 Å². The van der Waals surface area contributed by atoms with Crippen LogP contribution in [-0.4, -0.2) is 5.11 Å². The van der Waals surface area contributed by atoms with E-state index in [1.165, 1.54) is 0 Å². The Morgan fingerprint density at radius 1 is 0.846 bits per heavy atom. The van der Waals surface area contributed by atoms with Gasteiger partial charge >= 0.3 is 0 Å². The molecule has 0 amide bonds. The summed E-state index contributed by atoms with van der Waals surface area (Å²) in [4.78, 5) is 0. The van der Waals surface area contributed by atoms with E-state index in [4.69, 9.17) is 10.5 Å². The van der Waals surface area contributed by atoms with Crippen LogP contribution in [0.25, 0.3) is 11.1 Å². The Morgan fingerprint density at radius 2 is 1.58 bits per heavy atom. The van der Waals surface area contributed by atoms with Gasteiger partial charge in [0, 0.05) is 6.04 Å². The lowest BCUT2D eigenvalue weighted by Crippen LogP contribution is -2.04. The number of aliphatic hydroxyl groups excluding tert-OH is 1. The van der Waals surface area contributed by atoms with Crippen LogP contribution >= 0.6 is 0 Å². The van der Waals surface area contributed by atoms with E-state index in [9.17, 15) is 5.11 Å². The molecule has 0 aromatic heterocycles. The average molecular weight is 347 g/mol. The minimum atomic E-state index is -0.540. The van der Waals surface area contributed by atoms with E-state index in [1.807, 2.05) is 61.5 Å². The summed E-state index contributed by atoms with van der Waals surface area (Å²) >= 11 is 0. The molecule has 3 heteroatoms. The first kappa shape index (κ1) is 18.2. The molecule has 0 bridgehead atoms. The van der Waals surface area contributed by atoms with Crippen molar-refractivity contribution >= 4 is 0 Å². The summed E-state index contributed by atoms with van der Waals surface area (Å²) in [7, 11) is 0. The van der Waals surface area contributed by atoms with Crippen molar-refractivity contribution in [2.75, 3.05) is 0 Å². The first-order valence-corrected chi connectivity index (χ1v) is 8.88. The van der Waals surface area contributed by atoms with Crippen LogP contribution in [0.15, 0.2) is 72.8 Å². The van der Waals surface area contributed by atoms with E-state index < -0.39 is 6.10 Å². The molecule has 0 radical (unpaired) electrons. The second-order valence-corrected chi connectivity index (χ2v) is 6.66. The van der Waals surface area contributed by atoms with Crippen LogP contribution in [0.3, 0.4) is 0 Å². The zero-order chi connectivity index (χ0) is 18.5. The molecule has 0 aliphatic carbocycles. The fraction of sp³-hybridized carbons (Fsp3) is 0.217. The van der Waals surface area contributed by atoms with Gasteiger partial charge in [0.15, 0.2) is 0 Å². The lowest BCUT2D eigenvalue weighted by Gasteiger charge is -2.14. The second kappa shape index (κ2) is 8.17. The molecule has 26 heavy (non-hydrogen) atoms. The van der Waals surface area contributed by atoms with Crippen LogP contribution in [0, 0.1) is 0 Å². The number of ether oxygens (including phenoxy) is 1. The molecule has 2 atom stereocenters. The highest BCUT2D eigenvalue weighted by Crippen LogP contribution is 2.28. The quantitative estimate of drug-likeness (QED) is 0.659. The third kappa shape index (κ3) is 4.51. The lowest BCUT2D eigenvalue weighted by atomic mass is 9.96. The van der Waals surface area contributed by atoms with Gasteiger partial charge in [-0.25, -0.2) is 0 Å². The van der Waals surface area contributed by atoms with Gasteiger partial charge < -0.3 is 15.6 Å². The molecule has 3 nitrogen and oxygen atoms in total. The maximum absolute atomic E-state index is 10.1. The Hall–Kier alpha value is -2.62. The standard InChI is InChI=1S/C23H25NO2/c1-16(24)19-7-6-8-20(13-19)22-12-18(11-21(14-22)17(2)25)15-26-23-9-4-3-5-10-23/h3-14,16-17,25H,15,24H2,1-2H3/t16-,17?/m0/s1. The maximum Gasteiger partial charge on any atom is 0.119 e. The summed E-state index contributed by atoms with van der Waals surface area (Å²) in [5.41, 5.74) is 11.1. The Morgan fingerprint density at radius 3 is 2.27 bits per heavy atom. The van der Waals surface area contributed by atoms with Crippen molar-refractivity contribution in [1.82, 2.24) is 0 Å². The van der Waals surface area contributed by atoms with Gasteiger partial charge in [-0.05, 0) is 78.1 Å². The molecule has 134 valence electrons. The Bertz CT molecular complexity index is 857. The van der Waals surface area contributed by atoms with Crippen LogP contribution in [0.5, 0.6) is 5.75 Å². The van der Waals surface area contributed by atoms with Crippen molar-refractivity contribution in [3.05, 3.63) is 89.5 Å². The monoisotopic (exact) mass is 347 g/mol. The van der Waals surface area contributed by atoms with E-state index in [1.54, 1.807) is 6.92 Å². The molecular formula is C23H25NO2. The van der Waals surface area contributed by atoms with Crippen LogP contribution in [0.2, 0.25) is 0 Å². The number of hydrogen-bond donors (Lipinski definition) is 2. The molecule has 3 rings (SSSR count). The molecule has 0 saturated carbocycles. The first-order chi connectivity index (χ1) is 12.5. The second-order valence-electron chi connectivity index (χ2n) is 6.66. The van der Waals surface area contributed by atoms with Gasteiger partial charge in [0.1, 0.15) is 12.4 Å². The fourth-order valence-electron chi connectivity index (χ4n) is 2.89. The SMILES string of the molecule is CC(O)c1cc(COc2ccccc2)cc(-c2cccc([C@H](C)N)c2)c1. The van der Waals surface area contributed by atoms with Crippen molar-refractivity contribution in [2.45, 2.75) is 32.6 Å². The lowest BCUT2D eigenvalue weighted by molar-refractivity contribution is 0.199. The summed E-state index contributed by atoms with van der Waals surface area (Å²) in [5.74, 6) is 0.829. The van der Waals surface area contributed by atoms with Crippen LogP contribution in [-0.2, 0) is 6.61 Å². The normalized spacial score (nSPS) is 13.2. The van der Waals surface area contributed by atoms with Gasteiger partial charge in [-0.2, -0.15) is 0 Å². The molecular weight excluding hydrogens is 322 g/mol. The number of para-hydroxylation sites is 1. The highest BCUT2D eigenvalue weighted by Gasteiger charge is 2.09. The van der Waals surface area contributed by atoms with Gasteiger partial charge in [0.2, 0.25) is 0 Å². The first-order valence-electron chi connectivity index (χ1n) is 8.88.